The fourth-order valence-corrected chi connectivity index (χ4v) is 3.00. The van der Waals surface area contributed by atoms with Gasteiger partial charge in [0.1, 0.15) is 11.5 Å². The lowest BCUT2D eigenvalue weighted by Crippen LogP contribution is -2.18. The maximum Gasteiger partial charge on any atom is 0.335 e. The summed E-state index contributed by atoms with van der Waals surface area (Å²) in [7, 11) is 2.82. The van der Waals surface area contributed by atoms with E-state index in [0.29, 0.717) is 17.7 Å². The van der Waals surface area contributed by atoms with Crippen molar-refractivity contribution in [3.63, 3.8) is 0 Å². The highest BCUT2D eigenvalue weighted by Crippen LogP contribution is 2.38. The molecule has 0 N–H and O–H groups in total. The Morgan fingerprint density at radius 2 is 1.68 bits per heavy atom. The van der Waals surface area contributed by atoms with Crippen LogP contribution in [0.25, 0.3) is 0 Å². The van der Waals surface area contributed by atoms with E-state index >= 15 is 0 Å². The zero-order chi connectivity index (χ0) is 20.7. The summed E-state index contributed by atoms with van der Waals surface area (Å²) in [5.41, 5.74) is 1.14. The van der Waals surface area contributed by atoms with Crippen molar-refractivity contribution in [1.82, 2.24) is 0 Å². The predicted octanol–water partition coefficient (Wildman–Crippen LogP) is 3.88. The van der Waals surface area contributed by atoms with Gasteiger partial charge in [0, 0.05) is 12.0 Å². The topological polar surface area (TPSA) is 91.3 Å². The van der Waals surface area contributed by atoms with Crippen LogP contribution in [0.4, 0.5) is 0 Å². The van der Waals surface area contributed by atoms with E-state index < -0.39 is 5.97 Å². The van der Waals surface area contributed by atoms with E-state index in [9.17, 15) is 14.4 Å². The van der Waals surface area contributed by atoms with E-state index in [-0.39, 0.29) is 40.6 Å². The molecule has 0 atom stereocenters. The van der Waals surface area contributed by atoms with Gasteiger partial charge in [-0.15, -0.1) is 0 Å². The van der Waals surface area contributed by atoms with Crippen molar-refractivity contribution in [2.45, 2.75) is 46.0 Å². The van der Waals surface area contributed by atoms with Crippen LogP contribution in [-0.2, 0) is 9.63 Å². The Balaban J connectivity index is 2.47. The fraction of sp³-hybridized carbons (Fsp3) is 0.429. The van der Waals surface area contributed by atoms with Gasteiger partial charge >= 0.3 is 5.97 Å². The van der Waals surface area contributed by atoms with Gasteiger partial charge in [-0.3, -0.25) is 9.59 Å². The van der Waals surface area contributed by atoms with Crippen LogP contribution in [0, 0.1) is 0 Å². The number of methoxy groups -OCH3 is 2. The number of unbranched alkanes of at least 4 members (excludes halogenated alkanes) is 2. The van der Waals surface area contributed by atoms with Gasteiger partial charge in [-0.1, -0.05) is 31.8 Å². The van der Waals surface area contributed by atoms with Crippen LogP contribution < -0.4 is 9.47 Å². The van der Waals surface area contributed by atoms with Gasteiger partial charge in [-0.2, -0.15) is 0 Å². The number of hydrogen-bond donors (Lipinski definition) is 0. The summed E-state index contributed by atoms with van der Waals surface area (Å²) in [4.78, 5) is 41.7. The van der Waals surface area contributed by atoms with Gasteiger partial charge in [0.25, 0.3) is 0 Å². The molecule has 0 bridgehead atoms. The van der Waals surface area contributed by atoms with Gasteiger partial charge in [0.15, 0.2) is 11.6 Å². The third-order valence-electron chi connectivity index (χ3n) is 4.43. The molecule has 0 aromatic heterocycles. The number of ketones is 2. The number of hydrogen-bond acceptors (Lipinski definition) is 7. The molecule has 0 spiro atoms. The third-order valence-corrected chi connectivity index (χ3v) is 4.43. The van der Waals surface area contributed by atoms with Crippen LogP contribution in [0.2, 0.25) is 0 Å². The second kappa shape index (κ2) is 9.82. The van der Waals surface area contributed by atoms with E-state index in [1.807, 2.05) is 6.92 Å². The Morgan fingerprint density at radius 3 is 2.25 bits per heavy atom. The summed E-state index contributed by atoms with van der Waals surface area (Å²) in [5, 5.41) is 3.99. The lowest BCUT2D eigenvalue weighted by molar-refractivity contribution is -0.143. The van der Waals surface area contributed by atoms with Crippen LogP contribution >= 0.6 is 0 Å². The minimum atomic E-state index is -0.419. The number of carbonyl (C=O) groups is 3. The lowest BCUT2D eigenvalue weighted by Gasteiger charge is -2.20. The Hall–Kier alpha value is -2.96. The lowest BCUT2D eigenvalue weighted by atomic mass is 9.89. The normalized spacial score (nSPS) is 13.4. The van der Waals surface area contributed by atoms with Crippen molar-refractivity contribution in [2.75, 3.05) is 14.2 Å². The molecule has 1 aromatic carbocycles. The Kier molecular flexibility index (Phi) is 7.49. The molecule has 0 radical (unpaired) electrons. The average molecular weight is 387 g/mol. The summed E-state index contributed by atoms with van der Waals surface area (Å²) in [5.74, 6) is -0.671. The molecule has 0 unspecified atom stereocenters. The van der Waals surface area contributed by atoms with Crippen LogP contribution in [0.1, 0.15) is 72.2 Å². The maximum atomic E-state index is 12.5. The van der Waals surface area contributed by atoms with Crippen LogP contribution in [0.5, 0.6) is 11.5 Å². The summed E-state index contributed by atoms with van der Waals surface area (Å²) in [6.45, 7) is 3.89. The molecule has 7 nitrogen and oxygen atoms in total. The highest BCUT2D eigenvalue weighted by molar-refractivity contribution is 6.25. The molecule has 0 aliphatic heterocycles. The number of fused-ring (bicyclic) bond motifs is 1. The van der Waals surface area contributed by atoms with Gasteiger partial charge in [0.2, 0.25) is 0 Å². The van der Waals surface area contributed by atoms with Gasteiger partial charge in [-0.05, 0) is 31.1 Å². The molecule has 0 saturated carbocycles. The van der Waals surface area contributed by atoms with Crippen LogP contribution in [0.3, 0.4) is 0 Å². The van der Waals surface area contributed by atoms with Crippen molar-refractivity contribution in [3.05, 3.63) is 34.9 Å². The molecule has 1 aliphatic carbocycles. The minimum absolute atomic E-state index is 0.125. The average Bonchev–Trinajstić information content (AvgIpc) is 2.70. The Labute approximate surface area is 164 Å². The number of rotatable bonds is 9. The zero-order valence-electron chi connectivity index (χ0n) is 16.7. The molecule has 150 valence electrons. The van der Waals surface area contributed by atoms with E-state index in [1.165, 1.54) is 26.4 Å². The predicted molar refractivity (Wildman–Crippen MR) is 104 cm³/mol. The number of nitrogens with zero attached hydrogens (tertiary/aromatic N) is 1. The highest BCUT2D eigenvalue weighted by Gasteiger charge is 2.31. The standard InChI is InChI=1S/C21H25NO6/c1-5-7-8-9-18(25)28-22-14(6-2)13-12-17(26-3)19-15(23)10-11-16(24)20(19)21(13)27-4/h10-12H,5-9H2,1-4H3. The molecule has 28 heavy (non-hydrogen) atoms. The van der Waals surface area contributed by atoms with Crippen molar-refractivity contribution in [3.8, 4) is 11.5 Å². The third kappa shape index (κ3) is 4.47. The highest BCUT2D eigenvalue weighted by atomic mass is 16.7. The van der Waals surface area contributed by atoms with Crippen molar-refractivity contribution in [1.29, 1.82) is 0 Å². The van der Waals surface area contributed by atoms with E-state index in [4.69, 9.17) is 14.3 Å². The molecule has 0 fully saturated rings. The van der Waals surface area contributed by atoms with Crippen molar-refractivity contribution >= 4 is 23.2 Å². The Morgan fingerprint density at radius 1 is 1.00 bits per heavy atom. The monoisotopic (exact) mass is 387 g/mol. The molecular weight excluding hydrogens is 362 g/mol. The number of carbonyl (C=O) groups excluding carboxylic acids is 3. The zero-order valence-corrected chi connectivity index (χ0v) is 16.7. The first-order valence-corrected chi connectivity index (χ1v) is 9.31. The molecule has 2 rings (SSSR count). The molecule has 0 heterocycles. The van der Waals surface area contributed by atoms with Gasteiger partial charge in [0.05, 0.1) is 31.1 Å². The number of ether oxygens (including phenoxy) is 2. The van der Waals surface area contributed by atoms with Crippen LogP contribution in [0.15, 0.2) is 23.4 Å². The quantitative estimate of drug-likeness (QED) is 0.276. The molecular formula is C21H25NO6. The van der Waals surface area contributed by atoms with Gasteiger partial charge < -0.3 is 14.3 Å². The smallest absolute Gasteiger partial charge is 0.335 e. The number of allylic oxidation sites excluding steroid dienone is 2. The largest absolute Gasteiger partial charge is 0.496 e. The first-order valence-electron chi connectivity index (χ1n) is 9.31. The molecule has 0 saturated heterocycles. The number of benzene rings is 1. The fourth-order valence-electron chi connectivity index (χ4n) is 3.00. The second-order valence-electron chi connectivity index (χ2n) is 6.28. The van der Waals surface area contributed by atoms with Crippen LogP contribution in [-0.4, -0.2) is 37.5 Å². The second-order valence-corrected chi connectivity index (χ2v) is 6.28. The van der Waals surface area contributed by atoms with E-state index in [0.717, 1.165) is 19.3 Å². The molecule has 1 aromatic rings. The van der Waals surface area contributed by atoms with Gasteiger partial charge in [-0.25, -0.2) is 4.79 Å². The van der Waals surface area contributed by atoms with Crippen molar-refractivity contribution < 1.29 is 28.7 Å². The molecule has 7 heteroatoms. The minimum Gasteiger partial charge on any atom is -0.496 e. The summed E-state index contributed by atoms with van der Waals surface area (Å²) in [6.07, 6.45) is 5.80. The summed E-state index contributed by atoms with van der Waals surface area (Å²) >= 11 is 0. The first-order chi connectivity index (χ1) is 13.5. The first kappa shape index (κ1) is 21.3. The molecule has 1 aliphatic rings. The maximum absolute atomic E-state index is 12.5. The van der Waals surface area contributed by atoms with E-state index in [2.05, 4.69) is 12.1 Å². The van der Waals surface area contributed by atoms with Crippen molar-refractivity contribution in [2.24, 2.45) is 5.16 Å². The molecule has 0 amide bonds. The summed E-state index contributed by atoms with van der Waals surface area (Å²) < 4.78 is 10.8. The summed E-state index contributed by atoms with van der Waals surface area (Å²) in [6, 6.07) is 1.58. The van der Waals surface area contributed by atoms with E-state index in [1.54, 1.807) is 6.07 Å². The number of oxime groups is 1. The Bertz CT molecular complexity index is 838. The SMILES string of the molecule is CCCCCC(=O)ON=C(CC)c1cc(OC)c2c(c1OC)C(=O)C=CC2=O.